The molecule has 0 atom stereocenters. The molecule has 11 rings (SSSR count). The van der Waals surface area contributed by atoms with E-state index in [2.05, 4.69) is 252 Å². The number of anilines is 3. The maximum atomic E-state index is 2.44. The van der Waals surface area contributed by atoms with Crippen LogP contribution in [0.2, 0.25) is 0 Å². The molecular formula is C58H40N2. The normalized spacial score (nSPS) is 11.3. The van der Waals surface area contributed by atoms with Crippen molar-refractivity contribution in [2.75, 3.05) is 4.90 Å². The van der Waals surface area contributed by atoms with Crippen molar-refractivity contribution in [3.63, 3.8) is 0 Å². The molecule has 1 aromatic heterocycles. The third kappa shape index (κ3) is 6.23. The Morgan fingerprint density at radius 3 is 1.58 bits per heavy atom. The summed E-state index contributed by atoms with van der Waals surface area (Å²) in [6, 6.07) is 87.9. The maximum absolute atomic E-state index is 2.44. The first-order valence-electron chi connectivity index (χ1n) is 20.6. The van der Waals surface area contributed by atoms with E-state index >= 15 is 0 Å². The lowest BCUT2D eigenvalue weighted by Gasteiger charge is -2.29. The fourth-order valence-electron chi connectivity index (χ4n) is 8.99. The van der Waals surface area contributed by atoms with Gasteiger partial charge in [-0.2, -0.15) is 0 Å². The molecule has 2 nitrogen and oxygen atoms in total. The van der Waals surface area contributed by atoms with Gasteiger partial charge in [-0.3, -0.25) is 0 Å². The van der Waals surface area contributed by atoms with Crippen LogP contribution in [0.3, 0.4) is 0 Å². The summed E-state index contributed by atoms with van der Waals surface area (Å²) in [5.41, 5.74) is 16.3. The van der Waals surface area contributed by atoms with Crippen LogP contribution in [0.5, 0.6) is 0 Å². The van der Waals surface area contributed by atoms with Crippen LogP contribution >= 0.6 is 0 Å². The Morgan fingerprint density at radius 2 is 0.817 bits per heavy atom. The van der Waals surface area contributed by atoms with Crippen molar-refractivity contribution in [1.29, 1.82) is 0 Å². The highest BCUT2D eigenvalue weighted by molar-refractivity contribution is 6.11. The number of rotatable bonds is 8. The standard InChI is InChI=1S/C58H40N2/c1-3-18-43(19-4-1)49-23-9-10-24-50(49)51-25-11-12-26-52(51)53-27-13-15-29-56(53)59(47-35-33-42(34-36-47)45-32-31-41-17-7-8-20-44(41)39-45)48-37-38-58-55(40-48)54-28-14-16-30-57(54)60(58)46-21-5-2-6-22-46/h1-40H. The monoisotopic (exact) mass is 764 g/mol. The molecular weight excluding hydrogens is 725 g/mol. The number of fused-ring (bicyclic) bond motifs is 4. The van der Waals surface area contributed by atoms with Crippen LogP contribution < -0.4 is 4.90 Å². The van der Waals surface area contributed by atoms with Crippen molar-refractivity contribution in [1.82, 2.24) is 4.57 Å². The van der Waals surface area contributed by atoms with E-state index in [1.165, 1.54) is 71.5 Å². The number of hydrogen-bond acceptors (Lipinski definition) is 1. The Bertz CT molecular complexity index is 3310. The topological polar surface area (TPSA) is 8.17 Å². The van der Waals surface area contributed by atoms with Crippen molar-refractivity contribution >= 4 is 49.6 Å². The Hall–Kier alpha value is -7.94. The molecule has 1 heterocycles. The molecule has 11 aromatic rings. The number of aromatic nitrogens is 1. The van der Waals surface area contributed by atoms with E-state index in [0.29, 0.717) is 0 Å². The summed E-state index contributed by atoms with van der Waals surface area (Å²) < 4.78 is 2.38. The van der Waals surface area contributed by atoms with E-state index in [-0.39, 0.29) is 0 Å². The lowest BCUT2D eigenvalue weighted by molar-refractivity contribution is 1.18. The van der Waals surface area contributed by atoms with Crippen LogP contribution in [0.25, 0.3) is 82.8 Å². The summed E-state index contributed by atoms with van der Waals surface area (Å²) in [5, 5.41) is 4.92. The molecule has 0 fully saturated rings. The summed E-state index contributed by atoms with van der Waals surface area (Å²) in [6.45, 7) is 0. The van der Waals surface area contributed by atoms with Gasteiger partial charge in [0, 0.05) is 33.4 Å². The van der Waals surface area contributed by atoms with Crippen molar-refractivity contribution in [2.24, 2.45) is 0 Å². The largest absolute Gasteiger partial charge is 0.310 e. The first-order chi connectivity index (χ1) is 29.8. The predicted octanol–water partition coefficient (Wildman–Crippen LogP) is 16.1. The van der Waals surface area contributed by atoms with E-state index in [0.717, 1.165) is 28.3 Å². The van der Waals surface area contributed by atoms with Crippen LogP contribution in [0.1, 0.15) is 0 Å². The van der Waals surface area contributed by atoms with Crippen LogP contribution in [-0.2, 0) is 0 Å². The molecule has 0 saturated heterocycles. The Morgan fingerprint density at radius 1 is 0.283 bits per heavy atom. The zero-order valence-corrected chi connectivity index (χ0v) is 33.0. The molecule has 0 aliphatic carbocycles. The molecule has 2 heteroatoms. The fourth-order valence-corrected chi connectivity index (χ4v) is 8.99. The number of hydrogen-bond donors (Lipinski definition) is 0. The highest BCUT2D eigenvalue weighted by Gasteiger charge is 2.22. The average molecular weight is 765 g/mol. The molecule has 0 bridgehead atoms. The van der Waals surface area contributed by atoms with Gasteiger partial charge in [0.15, 0.2) is 0 Å². The number of nitrogens with zero attached hydrogens (tertiary/aromatic N) is 2. The lowest BCUT2D eigenvalue weighted by Crippen LogP contribution is -2.11. The number of para-hydroxylation sites is 3. The van der Waals surface area contributed by atoms with Gasteiger partial charge in [0.05, 0.1) is 16.7 Å². The van der Waals surface area contributed by atoms with Crippen LogP contribution in [0.15, 0.2) is 243 Å². The van der Waals surface area contributed by atoms with Crippen molar-refractivity contribution in [2.45, 2.75) is 0 Å². The highest BCUT2D eigenvalue weighted by atomic mass is 15.1. The van der Waals surface area contributed by atoms with Crippen LogP contribution in [0, 0.1) is 0 Å². The quantitative estimate of drug-likeness (QED) is 0.150. The molecule has 282 valence electrons. The van der Waals surface area contributed by atoms with E-state index in [9.17, 15) is 0 Å². The SMILES string of the molecule is c1ccc(-c2ccccc2-c2ccccc2-c2ccccc2N(c2ccc(-c3ccc4ccccc4c3)cc2)c2ccc3c(c2)c2ccccc2n3-c2ccccc2)cc1. The summed E-state index contributed by atoms with van der Waals surface area (Å²) in [6.07, 6.45) is 0. The molecule has 0 N–H and O–H groups in total. The molecule has 0 unspecified atom stereocenters. The van der Waals surface area contributed by atoms with E-state index < -0.39 is 0 Å². The van der Waals surface area contributed by atoms with E-state index in [1.54, 1.807) is 0 Å². The second kappa shape index (κ2) is 15.1. The van der Waals surface area contributed by atoms with Gasteiger partial charge < -0.3 is 9.47 Å². The van der Waals surface area contributed by atoms with Gasteiger partial charge >= 0.3 is 0 Å². The van der Waals surface area contributed by atoms with Crippen molar-refractivity contribution in [3.05, 3.63) is 243 Å². The van der Waals surface area contributed by atoms with Gasteiger partial charge in [0.1, 0.15) is 0 Å². The van der Waals surface area contributed by atoms with Gasteiger partial charge in [-0.05, 0) is 110 Å². The van der Waals surface area contributed by atoms with Gasteiger partial charge in [-0.25, -0.2) is 0 Å². The Balaban J connectivity index is 1.11. The van der Waals surface area contributed by atoms with Crippen LogP contribution in [-0.4, -0.2) is 4.57 Å². The van der Waals surface area contributed by atoms with Gasteiger partial charge in [0.2, 0.25) is 0 Å². The summed E-state index contributed by atoms with van der Waals surface area (Å²) >= 11 is 0. The predicted molar refractivity (Wildman–Crippen MR) is 255 cm³/mol. The second-order valence-electron chi connectivity index (χ2n) is 15.3. The van der Waals surface area contributed by atoms with Gasteiger partial charge in [-0.15, -0.1) is 0 Å². The first-order valence-corrected chi connectivity index (χ1v) is 20.6. The number of benzene rings is 10. The molecule has 0 amide bonds. The first kappa shape index (κ1) is 35.2. The Labute approximate surface area is 350 Å². The molecule has 0 saturated carbocycles. The van der Waals surface area contributed by atoms with Crippen molar-refractivity contribution in [3.8, 4) is 50.2 Å². The van der Waals surface area contributed by atoms with Crippen LogP contribution in [0.4, 0.5) is 17.1 Å². The summed E-state index contributed by atoms with van der Waals surface area (Å²) in [4.78, 5) is 2.44. The average Bonchev–Trinajstić information content (AvgIpc) is 3.66. The van der Waals surface area contributed by atoms with Gasteiger partial charge in [0.25, 0.3) is 0 Å². The minimum Gasteiger partial charge on any atom is -0.310 e. The molecule has 10 aromatic carbocycles. The van der Waals surface area contributed by atoms with Gasteiger partial charge in [-0.1, -0.05) is 182 Å². The minimum absolute atomic E-state index is 1.08. The Kier molecular flexibility index (Phi) is 8.87. The van der Waals surface area contributed by atoms with Crippen molar-refractivity contribution < 1.29 is 0 Å². The molecule has 0 aliphatic heterocycles. The highest BCUT2D eigenvalue weighted by Crippen LogP contribution is 2.46. The lowest BCUT2D eigenvalue weighted by atomic mass is 9.88. The zero-order chi connectivity index (χ0) is 39.8. The summed E-state index contributed by atoms with van der Waals surface area (Å²) in [7, 11) is 0. The molecule has 60 heavy (non-hydrogen) atoms. The minimum atomic E-state index is 1.08. The molecule has 0 spiro atoms. The summed E-state index contributed by atoms with van der Waals surface area (Å²) in [5.74, 6) is 0. The molecule has 0 radical (unpaired) electrons. The second-order valence-corrected chi connectivity index (χ2v) is 15.3. The zero-order valence-electron chi connectivity index (χ0n) is 33.0. The van der Waals surface area contributed by atoms with E-state index in [4.69, 9.17) is 0 Å². The molecule has 0 aliphatic rings. The third-order valence-electron chi connectivity index (χ3n) is 11.8. The fraction of sp³-hybridized carbons (Fsp3) is 0. The third-order valence-corrected chi connectivity index (χ3v) is 11.8. The smallest absolute Gasteiger partial charge is 0.0542 e. The maximum Gasteiger partial charge on any atom is 0.0542 e. The van der Waals surface area contributed by atoms with E-state index in [1.807, 2.05) is 0 Å².